The molecule has 1 aromatic carbocycles. The molecule has 0 radical (unpaired) electrons. The highest BCUT2D eigenvalue weighted by Gasteiger charge is 2.22. The second-order valence-electron chi connectivity index (χ2n) is 4.44. The molecule has 92 valence electrons. The van der Waals surface area contributed by atoms with Crippen molar-refractivity contribution in [3.8, 4) is 5.75 Å². The molecule has 1 fully saturated rings. The Balaban J connectivity index is 1.85. The van der Waals surface area contributed by atoms with Gasteiger partial charge in [0.2, 0.25) is 0 Å². The average Bonchev–Trinajstić information content (AvgIpc) is 2.73. The second-order valence-corrected chi connectivity index (χ2v) is 4.44. The normalized spacial score (nSPS) is 19.0. The fourth-order valence-electron chi connectivity index (χ4n) is 1.66. The summed E-state index contributed by atoms with van der Waals surface area (Å²) in [7, 11) is 0. The van der Waals surface area contributed by atoms with Crippen LogP contribution in [-0.4, -0.2) is 25.3 Å². The number of benzene rings is 1. The Hall–Kier alpha value is -1.71. The van der Waals surface area contributed by atoms with Gasteiger partial charge in [0.1, 0.15) is 12.4 Å². The van der Waals surface area contributed by atoms with Crippen LogP contribution in [0.1, 0.15) is 25.3 Å². The number of carbonyl (C=O) groups excluding carboxylic acids is 1. The van der Waals surface area contributed by atoms with E-state index in [-0.39, 0.29) is 12.2 Å². The Morgan fingerprint density at radius 3 is 2.65 bits per heavy atom. The minimum atomic E-state index is -0.367. The molecule has 0 aromatic heterocycles. The standard InChI is InChI=1S/C13H17NO3/c1-9(2)10-3-5-11(6-4-10)16-8-12-7-14-13(15)17-12/h3-6,9,12H,7-8H2,1-2H3,(H,14,15). The number of carbonyl (C=O) groups is 1. The lowest BCUT2D eigenvalue weighted by atomic mass is 10.0. The highest BCUT2D eigenvalue weighted by Crippen LogP contribution is 2.18. The summed E-state index contributed by atoms with van der Waals surface area (Å²) in [6, 6.07) is 8.00. The third-order valence-electron chi connectivity index (χ3n) is 2.73. The zero-order valence-corrected chi connectivity index (χ0v) is 10.1. The molecule has 0 aliphatic carbocycles. The first-order chi connectivity index (χ1) is 8.15. The maximum Gasteiger partial charge on any atom is 0.407 e. The third-order valence-corrected chi connectivity index (χ3v) is 2.73. The SMILES string of the molecule is CC(C)c1ccc(OCC2CNC(=O)O2)cc1. The highest BCUT2D eigenvalue weighted by molar-refractivity contribution is 5.69. The van der Waals surface area contributed by atoms with Gasteiger partial charge in [0.25, 0.3) is 0 Å². The molecule has 0 saturated carbocycles. The van der Waals surface area contributed by atoms with E-state index in [1.54, 1.807) is 0 Å². The number of amides is 1. The predicted molar refractivity (Wildman–Crippen MR) is 64.3 cm³/mol. The van der Waals surface area contributed by atoms with Crippen molar-refractivity contribution in [1.82, 2.24) is 5.32 Å². The summed E-state index contributed by atoms with van der Waals surface area (Å²) in [5.74, 6) is 1.32. The zero-order valence-electron chi connectivity index (χ0n) is 10.1. The minimum Gasteiger partial charge on any atom is -0.490 e. The van der Waals surface area contributed by atoms with Crippen LogP contribution in [0.3, 0.4) is 0 Å². The number of alkyl carbamates (subject to hydrolysis) is 1. The van der Waals surface area contributed by atoms with Gasteiger partial charge in [-0.3, -0.25) is 0 Å². The summed E-state index contributed by atoms with van der Waals surface area (Å²) < 4.78 is 10.5. The van der Waals surface area contributed by atoms with Crippen molar-refractivity contribution in [3.63, 3.8) is 0 Å². The van der Waals surface area contributed by atoms with Gasteiger partial charge in [-0.25, -0.2) is 4.79 Å². The number of cyclic esters (lactones) is 1. The van der Waals surface area contributed by atoms with E-state index < -0.39 is 0 Å². The second kappa shape index (κ2) is 5.08. The number of ether oxygens (including phenoxy) is 2. The zero-order chi connectivity index (χ0) is 12.3. The van der Waals surface area contributed by atoms with Crippen molar-refractivity contribution >= 4 is 6.09 Å². The average molecular weight is 235 g/mol. The molecule has 1 saturated heterocycles. The first kappa shape index (κ1) is 11.8. The van der Waals surface area contributed by atoms with Crippen LogP contribution in [0.15, 0.2) is 24.3 Å². The quantitative estimate of drug-likeness (QED) is 0.871. The van der Waals surface area contributed by atoms with Gasteiger partial charge in [-0.15, -0.1) is 0 Å². The van der Waals surface area contributed by atoms with Gasteiger partial charge in [-0.1, -0.05) is 26.0 Å². The molecule has 0 bridgehead atoms. The number of nitrogens with one attached hydrogen (secondary N) is 1. The Morgan fingerprint density at radius 1 is 1.41 bits per heavy atom. The largest absolute Gasteiger partial charge is 0.490 e. The topological polar surface area (TPSA) is 47.6 Å². The maximum atomic E-state index is 10.8. The molecule has 0 spiro atoms. The number of hydrogen-bond acceptors (Lipinski definition) is 3. The van der Waals surface area contributed by atoms with E-state index in [0.717, 1.165) is 5.75 Å². The van der Waals surface area contributed by atoms with E-state index in [1.807, 2.05) is 12.1 Å². The van der Waals surface area contributed by atoms with Crippen LogP contribution >= 0.6 is 0 Å². The molecule has 4 nitrogen and oxygen atoms in total. The molecular formula is C13H17NO3. The summed E-state index contributed by atoms with van der Waals surface area (Å²) in [6.45, 7) is 5.21. The van der Waals surface area contributed by atoms with Crippen LogP contribution in [-0.2, 0) is 4.74 Å². The molecule has 1 N–H and O–H groups in total. The van der Waals surface area contributed by atoms with Crippen LogP contribution in [0.5, 0.6) is 5.75 Å². The van der Waals surface area contributed by atoms with E-state index in [9.17, 15) is 4.79 Å². The predicted octanol–water partition coefficient (Wildman–Crippen LogP) is 2.30. The van der Waals surface area contributed by atoms with Crippen molar-refractivity contribution in [3.05, 3.63) is 29.8 Å². The van der Waals surface area contributed by atoms with Crippen molar-refractivity contribution in [1.29, 1.82) is 0 Å². The Kier molecular flexibility index (Phi) is 3.52. The van der Waals surface area contributed by atoms with E-state index in [0.29, 0.717) is 19.1 Å². The van der Waals surface area contributed by atoms with Gasteiger partial charge in [0.05, 0.1) is 6.54 Å². The lowest BCUT2D eigenvalue weighted by Gasteiger charge is -2.11. The van der Waals surface area contributed by atoms with Crippen LogP contribution in [0.25, 0.3) is 0 Å². The van der Waals surface area contributed by atoms with E-state index in [1.165, 1.54) is 5.56 Å². The third kappa shape index (κ3) is 3.12. The van der Waals surface area contributed by atoms with E-state index >= 15 is 0 Å². The summed E-state index contributed by atoms with van der Waals surface area (Å²) in [5, 5.41) is 2.59. The molecule has 1 unspecified atom stereocenters. The van der Waals surface area contributed by atoms with Gasteiger partial charge < -0.3 is 14.8 Å². The molecule has 17 heavy (non-hydrogen) atoms. The van der Waals surface area contributed by atoms with Crippen LogP contribution in [0, 0.1) is 0 Å². The van der Waals surface area contributed by atoms with Gasteiger partial charge in [0, 0.05) is 0 Å². The van der Waals surface area contributed by atoms with Crippen LogP contribution in [0.4, 0.5) is 4.79 Å². The summed E-state index contributed by atoms with van der Waals surface area (Å²) >= 11 is 0. The molecule has 1 aromatic rings. The number of hydrogen-bond donors (Lipinski definition) is 1. The molecule has 4 heteroatoms. The molecule has 1 aliphatic heterocycles. The summed E-state index contributed by atoms with van der Waals surface area (Å²) in [5.41, 5.74) is 1.28. The minimum absolute atomic E-state index is 0.188. The molecule has 2 rings (SSSR count). The van der Waals surface area contributed by atoms with Gasteiger partial charge in [-0.2, -0.15) is 0 Å². The lowest BCUT2D eigenvalue weighted by molar-refractivity contribution is 0.105. The fraction of sp³-hybridized carbons (Fsp3) is 0.462. The molecular weight excluding hydrogens is 218 g/mol. The van der Waals surface area contributed by atoms with Crippen LogP contribution < -0.4 is 10.1 Å². The van der Waals surface area contributed by atoms with Crippen molar-refractivity contribution < 1.29 is 14.3 Å². The van der Waals surface area contributed by atoms with Gasteiger partial charge in [-0.05, 0) is 23.6 Å². The van der Waals surface area contributed by atoms with Crippen LogP contribution in [0.2, 0.25) is 0 Å². The van der Waals surface area contributed by atoms with E-state index in [2.05, 4.69) is 31.3 Å². The van der Waals surface area contributed by atoms with Crippen molar-refractivity contribution in [2.24, 2.45) is 0 Å². The first-order valence-corrected chi connectivity index (χ1v) is 5.82. The lowest BCUT2D eigenvalue weighted by Crippen LogP contribution is -2.21. The van der Waals surface area contributed by atoms with Crippen molar-refractivity contribution in [2.45, 2.75) is 25.9 Å². The molecule has 1 heterocycles. The highest BCUT2D eigenvalue weighted by atomic mass is 16.6. The smallest absolute Gasteiger partial charge is 0.407 e. The van der Waals surface area contributed by atoms with E-state index in [4.69, 9.17) is 9.47 Å². The van der Waals surface area contributed by atoms with Gasteiger partial charge >= 0.3 is 6.09 Å². The summed E-state index contributed by atoms with van der Waals surface area (Å²) in [4.78, 5) is 10.8. The first-order valence-electron chi connectivity index (χ1n) is 5.82. The Morgan fingerprint density at radius 2 is 2.12 bits per heavy atom. The molecule has 1 aliphatic rings. The molecule has 1 atom stereocenters. The Bertz CT molecular complexity index is 386. The van der Waals surface area contributed by atoms with Gasteiger partial charge in [0.15, 0.2) is 6.10 Å². The molecule has 1 amide bonds. The number of rotatable bonds is 4. The fourth-order valence-corrected chi connectivity index (χ4v) is 1.66. The maximum absolute atomic E-state index is 10.8. The Labute approximate surface area is 101 Å². The monoisotopic (exact) mass is 235 g/mol. The van der Waals surface area contributed by atoms with Crippen molar-refractivity contribution in [2.75, 3.05) is 13.2 Å². The summed E-state index contributed by atoms with van der Waals surface area (Å²) in [6.07, 6.45) is -0.555.